The van der Waals surface area contributed by atoms with Gasteiger partial charge in [0.05, 0.1) is 6.61 Å². The molecule has 6 heteroatoms. The Hall–Kier alpha value is -3.12. The van der Waals surface area contributed by atoms with Crippen LogP contribution in [0.4, 0.5) is 11.4 Å². The van der Waals surface area contributed by atoms with Crippen LogP contribution in [-0.4, -0.2) is 25.0 Å². The Labute approximate surface area is 163 Å². The van der Waals surface area contributed by atoms with Gasteiger partial charge in [-0.3, -0.25) is 9.59 Å². The lowest BCUT2D eigenvalue weighted by molar-refractivity contribution is -0.117. The average Bonchev–Trinajstić information content (AvgIpc) is 3.30. The molecule has 4 rings (SSSR count). The summed E-state index contributed by atoms with van der Waals surface area (Å²) in [4.78, 5) is 26.7. The van der Waals surface area contributed by atoms with Gasteiger partial charge in [-0.25, -0.2) is 0 Å². The third-order valence-corrected chi connectivity index (χ3v) is 4.84. The number of rotatable bonds is 6. The van der Waals surface area contributed by atoms with Crippen LogP contribution in [0, 0.1) is 0 Å². The Morgan fingerprint density at radius 1 is 1.21 bits per heavy atom. The number of ether oxygens (including phenoxy) is 1. The lowest BCUT2D eigenvalue weighted by Gasteiger charge is -2.16. The van der Waals surface area contributed by atoms with E-state index >= 15 is 0 Å². The first-order valence-electron chi connectivity index (χ1n) is 9.47. The van der Waals surface area contributed by atoms with E-state index in [1.807, 2.05) is 49.4 Å². The van der Waals surface area contributed by atoms with Gasteiger partial charge >= 0.3 is 0 Å². The van der Waals surface area contributed by atoms with Gasteiger partial charge in [-0.1, -0.05) is 24.3 Å². The van der Waals surface area contributed by atoms with Crippen LogP contribution in [0.3, 0.4) is 0 Å². The minimum absolute atomic E-state index is 0.111. The molecule has 0 saturated carbocycles. The smallest absolute Gasteiger partial charge is 0.291 e. The third kappa shape index (κ3) is 3.51. The average molecular weight is 378 g/mol. The maximum Gasteiger partial charge on any atom is 0.291 e. The van der Waals surface area contributed by atoms with Gasteiger partial charge in [0.25, 0.3) is 5.91 Å². The summed E-state index contributed by atoms with van der Waals surface area (Å²) in [6, 6.07) is 14.8. The maximum atomic E-state index is 12.9. The number of para-hydroxylation sites is 1. The zero-order chi connectivity index (χ0) is 19.5. The quantitative estimate of drug-likeness (QED) is 0.692. The largest absolute Gasteiger partial charge is 0.451 e. The van der Waals surface area contributed by atoms with Gasteiger partial charge < -0.3 is 19.4 Å². The van der Waals surface area contributed by atoms with Gasteiger partial charge in [0.15, 0.2) is 5.76 Å². The molecule has 0 unspecified atom stereocenters. The highest BCUT2D eigenvalue weighted by Gasteiger charge is 2.23. The van der Waals surface area contributed by atoms with Crippen LogP contribution in [-0.2, 0) is 16.1 Å². The Morgan fingerprint density at radius 2 is 2.07 bits per heavy atom. The molecule has 1 saturated heterocycles. The predicted molar refractivity (Wildman–Crippen MR) is 108 cm³/mol. The lowest BCUT2D eigenvalue weighted by Crippen LogP contribution is -2.23. The van der Waals surface area contributed by atoms with E-state index in [0.29, 0.717) is 37.4 Å². The first-order chi connectivity index (χ1) is 13.7. The van der Waals surface area contributed by atoms with Crippen LogP contribution in [0.2, 0.25) is 0 Å². The molecule has 2 aromatic carbocycles. The summed E-state index contributed by atoms with van der Waals surface area (Å²) >= 11 is 0. The molecule has 6 nitrogen and oxygen atoms in total. The number of furan rings is 1. The van der Waals surface area contributed by atoms with Crippen molar-refractivity contribution in [1.29, 1.82) is 0 Å². The summed E-state index contributed by atoms with van der Waals surface area (Å²) in [7, 11) is 0. The molecule has 28 heavy (non-hydrogen) atoms. The standard InChI is InChI=1S/C22H22N2O4/c1-2-27-14-18-17-9-3-4-10-19(17)28-21(18)22(26)23-15-7-5-8-16(13-15)24-12-6-11-20(24)25/h3-5,7-10,13H,2,6,11-12,14H2,1H3,(H,23,26). The van der Waals surface area contributed by atoms with Gasteiger partial charge in [0.2, 0.25) is 5.91 Å². The van der Waals surface area contributed by atoms with Crippen molar-refractivity contribution in [3.05, 3.63) is 59.9 Å². The minimum atomic E-state index is -0.337. The lowest BCUT2D eigenvalue weighted by atomic mass is 10.1. The molecule has 1 aromatic heterocycles. The Kier molecular flexibility index (Phi) is 5.12. The fraction of sp³-hybridized carbons (Fsp3) is 0.273. The number of nitrogens with zero attached hydrogens (tertiary/aromatic N) is 1. The molecule has 144 valence electrons. The molecule has 0 bridgehead atoms. The molecule has 1 aliphatic rings. The van der Waals surface area contributed by atoms with Gasteiger partial charge in [0.1, 0.15) is 5.58 Å². The molecule has 2 heterocycles. The normalized spacial score (nSPS) is 14.0. The fourth-order valence-electron chi connectivity index (χ4n) is 3.49. The second-order valence-corrected chi connectivity index (χ2v) is 6.70. The van der Waals surface area contributed by atoms with E-state index in [0.717, 1.165) is 23.1 Å². The number of hydrogen-bond acceptors (Lipinski definition) is 4. The monoisotopic (exact) mass is 378 g/mol. The number of amides is 2. The number of fused-ring (bicyclic) bond motifs is 1. The summed E-state index contributed by atoms with van der Waals surface area (Å²) in [6.45, 7) is 3.47. The van der Waals surface area contributed by atoms with Crippen LogP contribution in [0.1, 0.15) is 35.9 Å². The molecule has 0 atom stereocenters. The van der Waals surface area contributed by atoms with Gasteiger partial charge in [-0.2, -0.15) is 0 Å². The van der Waals surface area contributed by atoms with Gasteiger partial charge in [-0.15, -0.1) is 0 Å². The zero-order valence-corrected chi connectivity index (χ0v) is 15.7. The molecular formula is C22H22N2O4. The van der Waals surface area contributed by atoms with Crippen molar-refractivity contribution in [2.24, 2.45) is 0 Å². The van der Waals surface area contributed by atoms with E-state index < -0.39 is 0 Å². The van der Waals surface area contributed by atoms with Crippen molar-refractivity contribution in [1.82, 2.24) is 0 Å². The summed E-state index contributed by atoms with van der Waals surface area (Å²) in [5.41, 5.74) is 2.80. The number of benzene rings is 2. The van der Waals surface area contributed by atoms with Crippen LogP contribution < -0.4 is 10.2 Å². The molecule has 0 aliphatic carbocycles. The Morgan fingerprint density at radius 3 is 2.86 bits per heavy atom. The molecule has 0 spiro atoms. The highest BCUT2D eigenvalue weighted by molar-refractivity contribution is 6.07. The van der Waals surface area contributed by atoms with Crippen LogP contribution in [0.5, 0.6) is 0 Å². The molecule has 2 amide bonds. The van der Waals surface area contributed by atoms with Crippen molar-refractivity contribution >= 4 is 34.2 Å². The summed E-state index contributed by atoms with van der Waals surface area (Å²) < 4.78 is 11.4. The van der Waals surface area contributed by atoms with Crippen molar-refractivity contribution in [3.8, 4) is 0 Å². The molecule has 1 aliphatic heterocycles. The first kappa shape index (κ1) is 18.3. The zero-order valence-electron chi connectivity index (χ0n) is 15.7. The van der Waals surface area contributed by atoms with E-state index in [1.165, 1.54) is 0 Å². The van der Waals surface area contributed by atoms with Crippen LogP contribution >= 0.6 is 0 Å². The van der Waals surface area contributed by atoms with Crippen molar-refractivity contribution in [3.63, 3.8) is 0 Å². The Bertz CT molecular complexity index is 1020. The molecular weight excluding hydrogens is 356 g/mol. The molecule has 1 N–H and O–H groups in total. The van der Waals surface area contributed by atoms with E-state index in [1.54, 1.807) is 11.0 Å². The van der Waals surface area contributed by atoms with Crippen LogP contribution in [0.15, 0.2) is 52.9 Å². The first-order valence-corrected chi connectivity index (χ1v) is 9.47. The number of carbonyl (C=O) groups is 2. The number of anilines is 2. The highest BCUT2D eigenvalue weighted by Crippen LogP contribution is 2.28. The van der Waals surface area contributed by atoms with Gasteiger partial charge in [-0.05, 0) is 37.6 Å². The number of hydrogen-bond donors (Lipinski definition) is 1. The van der Waals surface area contributed by atoms with Crippen molar-refractivity contribution < 1.29 is 18.7 Å². The molecule has 3 aromatic rings. The number of nitrogens with one attached hydrogen (secondary N) is 1. The molecule has 1 fully saturated rings. The second kappa shape index (κ2) is 7.86. The second-order valence-electron chi connectivity index (χ2n) is 6.70. The van der Waals surface area contributed by atoms with Crippen molar-refractivity contribution in [2.45, 2.75) is 26.4 Å². The van der Waals surface area contributed by atoms with E-state index in [2.05, 4.69) is 5.32 Å². The van der Waals surface area contributed by atoms with Gasteiger partial charge in [0, 0.05) is 41.9 Å². The summed E-state index contributed by atoms with van der Waals surface area (Å²) in [5, 5.41) is 3.76. The third-order valence-electron chi connectivity index (χ3n) is 4.84. The van der Waals surface area contributed by atoms with E-state index in [4.69, 9.17) is 9.15 Å². The highest BCUT2D eigenvalue weighted by atomic mass is 16.5. The van der Waals surface area contributed by atoms with Crippen LogP contribution in [0.25, 0.3) is 11.0 Å². The number of carbonyl (C=O) groups excluding carboxylic acids is 2. The fourth-order valence-corrected chi connectivity index (χ4v) is 3.49. The van der Waals surface area contributed by atoms with E-state index in [-0.39, 0.29) is 17.6 Å². The van der Waals surface area contributed by atoms with Crippen molar-refractivity contribution in [2.75, 3.05) is 23.4 Å². The molecule has 0 radical (unpaired) electrons. The summed E-state index contributed by atoms with van der Waals surface area (Å²) in [5.74, 6) is 0.0212. The summed E-state index contributed by atoms with van der Waals surface area (Å²) in [6.07, 6.45) is 1.42. The topological polar surface area (TPSA) is 71.8 Å². The maximum absolute atomic E-state index is 12.9. The SMILES string of the molecule is CCOCc1c(C(=O)Nc2cccc(N3CCCC3=O)c2)oc2ccccc12. The Balaban J connectivity index is 1.61. The van der Waals surface area contributed by atoms with E-state index in [9.17, 15) is 9.59 Å². The predicted octanol–water partition coefficient (Wildman–Crippen LogP) is 4.35. The minimum Gasteiger partial charge on any atom is -0.451 e.